The van der Waals surface area contributed by atoms with E-state index in [2.05, 4.69) is 41.1 Å². The van der Waals surface area contributed by atoms with E-state index in [0.717, 1.165) is 6.54 Å². The van der Waals surface area contributed by atoms with E-state index in [-0.39, 0.29) is 35.6 Å². The third-order valence-electron chi connectivity index (χ3n) is 5.81. The molecule has 0 aliphatic carbocycles. The van der Waals surface area contributed by atoms with Crippen molar-refractivity contribution in [3.8, 4) is 5.75 Å². The third kappa shape index (κ3) is 5.60. The van der Waals surface area contributed by atoms with E-state index in [9.17, 15) is 9.59 Å². The molecule has 0 bridgehead atoms. The van der Waals surface area contributed by atoms with Crippen molar-refractivity contribution in [2.45, 2.75) is 26.0 Å². The molecular formula is C23H31N5O4. The van der Waals surface area contributed by atoms with E-state index in [0.29, 0.717) is 30.2 Å². The van der Waals surface area contributed by atoms with Crippen LogP contribution in [0.3, 0.4) is 0 Å². The number of nitrogens with one attached hydrogen (secondary N) is 1. The Labute approximate surface area is 188 Å². The highest BCUT2D eigenvalue weighted by Gasteiger charge is 2.27. The largest absolute Gasteiger partial charge is 0.491 e. The van der Waals surface area contributed by atoms with Crippen molar-refractivity contribution in [1.29, 1.82) is 0 Å². The van der Waals surface area contributed by atoms with Gasteiger partial charge in [-0.3, -0.25) is 19.5 Å². The lowest BCUT2D eigenvalue weighted by Crippen LogP contribution is -2.45. The summed E-state index contributed by atoms with van der Waals surface area (Å²) in [5, 5.41) is 2.79. The van der Waals surface area contributed by atoms with Gasteiger partial charge in [0.15, 0.2) is 0 Å². The van der Waals surface area contributed by atoms with Gasteiger partial charge in [-0.25, -0.2) is 4.98 Å². The number of hydrogen-bond donors (Lipinski definition) is 1. The summed E-state index contributed by atoms with van der Waals surface area (Å²) < 4.78 is 11.8. The molecule has 172 valence electrons. The number of carbonyl (C=O) groups is 2. The third-order valence-corrected chi connectivity index (χ3v) is 5.81. The van der Waals surface area contributed by atoms with E-state index >= 15 is 0 Å². The van der Waals surface area contributed by atoms with Crippen LogP contribution in [0.4, 0.5) is 5.69 Å². The van der Waals surface area contributed by atoms with Crippen LogP contribution in [0, 0.1) is 5.92 Å². The van der Waals surface area contributed by atoms with Crippen LogP contribution in [-0.4, -0.2) is 84.6 Å². The van der Waals surface area contributed by atoms with Crippen LogP contribution in [0.5, 0.6) is 5.75 Å². The molecule has 3 rings (SSSR count). The van der Waals surface area contributed by atoms with Crippen LogP contribution in [-0.2, 0) is 4.74 Å². The summed E-state index contributed by atoms with van der Waals surface area (Å²) in [6.45, 7) is 5.87. The summed E-state index contributed by atoms with van der Waals surface area (Å²) in [4.78, 5) is 37.4. The monoisotopic (exact) mass is 441 g/mol. The molecule has 0 saturated carbocycles. The predicted molar refractivity (Wildman–Crippen MR) is 121 cm³/mol. The number of benzene rings is 1. The average Bonchev–Trinajstić information content (AvgIpc) is 2.80. The topological polar surface area (TPSA) is 96.9 Å². The molecule has 0 saturated heterocycles. The van der Waals surface area contributed by atoms with Crippen molar-refractivity contribution >= 4 is 17.5 Å². The molecule has 2 heterocycles. The standard InChI is InChI=1S/C23H31N5O4/c1-15-12-27(3)16(2)14-32-20-10-17(26-22(29)19-11-24-8-9-25-19)6-7-18(20)23(30)28(4)13-21(15)31-5/h6-11,15-16,21H,12-14H2,1-5H3,(H,26,29)/t15-,16-,21+/m0/s1. The van der Waals surface area contributed by atoms with Gasteiger partial charge in [-0.15, -0.1) is 0 Å². The first-order valence-electron chi connectivity index (χ1n) is 10.6. The lowest BCUT2D eigenvalue weighted by atomic mass is 10.0. The Hall–Kier alpha value is -3.04. The van der Waals surface area contributed by atoms with Gasteiger partial charge in [-0.2, -0.15) is 0 Å². The van der Waals surface area contributed by atoms with Crippen LogP contribution < -0.4 is 10.1 Å². The number of hydrogen-bond acceptors (Lipinski definition) is 7. The molecule has 0 fully saturated rings. The zero-order valence-electron chi connectivity index (χ0n) is 19.2. The van der Waals surface area contributed by atoms with Gasteiger partial charge in [0.25, 0.3) is 11.8 Å². The van der Waals surface area contributed by atoms with E-state index in [1.165, 1.54) is 18.6 Å². The molecule has 9 nitrogen and oxygen atoms in total. The van der Waals surface area contributed by atoms with Crippen molar-refractivity contribution in [1.82, 2.24) is 19.8 Å². The summed E-state index contributed by atoms with van der Waals surface area (Å²) in [7, 11) is 5.49. The lowest BCUT2D eigenvalue weighted by Gasteiger charge is -2.34. The number of amides is 2. The molecule has 1 aromatic carbocycles. The number of aromatic nitrogens is 2. The molecule has 3 atom stereocenters. The number of nitrogens with zero attached hydrogens (tertiary/aromatic N) is 4. The Balaban J connectivity index is 1.89. The molecule has 0 spiro atoms. The molecule has 1 aliphatic rings. The molecule has 0 unspecified atom stereocenters. The van der Waals surface area contributed by atoms with Crippen LogP contribution in [0.25, 0.3) is 0 Å². The van der Waals surface area contributed by atoms with Crippen molar-refractivity contribution in [3.05, 3.63) is 48.0 Å². The minimum absolute atomic E-state index is 0.0899. The smallest absolute Gasteiger partial charge is 0.275 e. The maximum atomic E-state index is 13.2. The SMILES string of the molecule is CO[C@@H]1CN(C)C(=O)c2ccc(NC(=O)c3cnccn3)cc2OC[C@H](C)N(C)C[C@@H]1C. The van der Waals surface area contributed by atoms with Crippen LogP contribution >= 0.6 is 0 Å². The highest BCUT2D eigenvalue weighted by atomic mass is 16.5. The van der Waals surface area contributed by atoms with Gasteiger partial charge in [0.1, 0.15) is 18.1 Å². The summed E-state index contributed by atoms with van der Waals surface area (Å²) >= 11 is 0. The minimum atomic E-state index is -0.389. The number of likely N-dealkylation sites (N-methyl/N-ethyl adjacent to an activating group) is 2. The molecule has 9 heteroatoms. The molecule has 0 radical (unpaired) electrons. The number of ether oxygens (including phenoxy) is 2. The maximum Gasteiger partial charge on any atom is 0.275 e. The Kier molecular flexibility index (Phi) is 7.76. The highest BCUT2D eigenvalue weighted by Crippen LogP contribution is 2.27. The molecule has 32 heavy (non-hydrogen) atoms. The quantitative estimate of drug-likeness (QED) is 0.780. The summed E-state index contributed by atoms with van der Waals surface area (Å²) in [6.07, 6.45) is 4.26. The zero-order valence-corrected chi connectivity index (χ0v) is 19.2. The number of rotatable bonds is 3. The number of fused-ring (bicyclic) bond motifs is 1. The van der Waals surface area contributed by atoms with Gasteiger partial charge < -0.3 is 19.7 Å². The van der Waals surface area contributed by atoms with Crippen LogP contribution in [0.2, 0.25) is 0 Å². The van der Waals surface area contributed by atoms with Gasteiger partial charge in [-0.1, -0.05) is 6.92 Å². The van der Waals surface area contributed by atoms with Crippen molar-refractivity contribution in [2.24, 2.45) is 5.92 Å². The Morgan fingerprint density at radius 1 is 1.22 bits per heavy atom. The van der Waals surface area contributed by atoms with E-state index in [4.69, 9.17) is 9.47 Å². The molecule has 1 N–H and O–H groups in total. The maximum absolute atomic E-state index is 13.2. The fraction of sp³-hybridized carbons (Fsp3) is 0.478. The second-order valence-electron chi connectivity index (χ2n) is 8.29. The zero-order chi connectivity index (χ0) is 23.3. The molecule has 2 amide bonds. The van der Waals surface area contributed by atoms with Gasteiger partial charge in [0.05, 0.1) is 17.9 Å². The van der Waals surface area contributed by atoms with Crippen LogP contribution in [0.1, 0.15) is 34.7 Å². The van der Waals surface area contributed by atoms with Gasteiger partial charge in [0.2, 0.25) is 0 Å². The first-order valence-corrected chi connectivity index (χ1v) is 10.6. The molecule has 1 aliphatic heterocycles. The Morgan fingerprint density at radius 3 is 2.69 bits per heavy atom. The first kappa shape index (κ1) is 23.6. The average molecular weight is 442 g/mol. The fourth-order valence-electron chi connectivity index (χ4n) is 3.64. The van der Waals surface area contributed by atoms with E-state index < -0.39 is 0 Å². The van der Waals surface area contributed by atoms with Crippen molar-refractivity contribution in [3.63, 3.8) is 0 Å². The van der Waals surface area contributed by atoms with Crippen molar-refractivity contribution in [2.75, 3.05) is 46.2 Å². The number of methoxy groups -OCH3 is 1. The predicted octanol–water partition coefficient (Wildman–Crippen LogP) is 2.16. The van der Waals surface area contributed by atoms with Gasteiger partial charge >= 0.3 is 0 Å². The molecular weight excluding hydrogens is 410 g/mol. The highest BCUT2D eigenvalue weighted by molar-refractivity contribution is 6.03. The van der Waals surface area contributed by atoms with Crippen LogP contribution in [0.15, 0.2) is 36.8 Å². The summed E-state index contributed by atoms with van der Waals surface area (Å²) in [5.41, 5.74) is 1.14. The Bertz CT molecular complexity index is 939. The number of carbonyl (C=O) groups excluding carboxylic acids is 2. The van der Waals surface area contributed by atoms with Gasteiger partial charge in [0, 0.05) is 57.4 Å². The van der Waals surface area contributed by atoms with Crippen molar-refractivity contribution < 1.29 is 19.1 Å². The second-order valence-corrected chi connectivity index (χ2v) is 8.29. The normalized spacial score (nSPS) is 22.8. The van der Waals surface area contributed by atoms with E-state index in [1.54, 1.807) is 37.3 Å². The first-order chi connectivity index (χ1) is 15.3. The molecule has 1 aromatic heterocycles. The lowest BCUT2D eigenvalue weighted by molar-refractivity contribution is 0.0150. The minimum Gasteiger partial charge on any atom is -0.491 e. The summed E-state index contributed by atoms with van der Waals surface area (Å²) in [5.74, 6) is 0.101. The van der Waals surface area contributed by atoms with E-state index in [1.807, 2.05) is 0 Å². The van der Waals surface area contributed by atoms with Gasteiger partial charge in [-0.05, 0) is 32.0 Å². The fourth-order valence-corrected chi connectivity index (χ4v) is 3.64. The summed E-state index contributed by atoms with van der Waals surface area (Å²) in [6, 6.07) is 5.14. The number of anilines is 1. The Morgan fingerprint density at radius 2 is 2.00 bits per heavy atom. The molecule has 2 aromatic rings. The second kappa shape index (κ2) is 10.5.